The van der Waals surface area contributed by atoms with Crippen LogP contribution < -0.4 is 0 Å². The summed E-state index contributed by atoms with van der Waals surface area (Å²) in [5, 5.41) is 20.3. The highest BCUT2D eigenvalue weighted by Gasteiger charge is 2.31. The number of benzene rings is 1. The van der Waals surface area contributed by atoms with Gasteiger partial charge in [-0.25, -0.2) is 4.39 Å². The number of nitro benzene ring substituents is 1. The Kier molecular flexibility index (Phi) is 6.66. The molecule has 1 N–H and O–H groups in total. The summed E-state index contributed by atoms with van der Waals surface area (Å²) in [4.78, 5) is 48.9. The van der Waals surface area contributed by atoms with Crippen molar-refractivity contribution < 1.29 is 28.8 Å². The van der Waals surface area contributed by atoms with E-state index in [0.29, 0.717) is 19.3 Å². The van der Waals surface area contributed by atoms with Crippen molar-refractivity contribution in [2.45, 2.75) is 39.2 Å². The summed E-state index contributed by atoms with van der Waals surface area (Å²) >= 11 is 0. The van der Waals surface area contributed by atoms with E-state index in [0.717, 1.165) is 12.1 Å². The maximum atomic E-state index is 13.8. The van der Waals surface area contributed by atoms with E-state index in [1.165, 1.54) is 23.6 Å². The molecule has 1 atom stereocenters. The van der Waals surface area contributed by atoms with E-state index >= 15 is 0 Å². The summed E-state index contributed by atoms with van der Waals surface area (Å²) in [7, 11) is 0. The molecule has 0 radical (unpaired) electrons. The van der Waals surface area contributed by atoms with Crippen molar-refractivity contribution in [1.82, 2.24) is 9.80 Å². The molecule has 0 aromatic heterocycles. The minimum absolute atomic E-state index is 0.0604. The second kappa shape index (κ2) is 8.77. The molecule has 1 aromatic carbocycles. The molecule has 0 aliphatic carbocycles. The first-order chi connectivity index (χ1) is 13.1. The minimum Gasteiger partial charge on any atom is -0.480 e. The first-order valence-corrected chi connectivity index (χ1v) is 8.84. The van der Waals surface area contributed by atoms with Crippen LogP contribution in [0, 0.1) is 22.9 Å². The van der Waals surface area contributed by atoms with Crippen LogP contribution in [-0.2, 0) is 9.59 Å². The number of rotatable bonds is 5. The van der Waals surface area contributed by atoms with Crippen LogP contribution in [0.4, 0.5) is 10.1 Å². The average molecular weight is 395 g/mol. The molecular formula is C18H22FN3O6. The van der Waals surface area contributed by atoms with Gasteiger partial charge in [-0.1, -0.05) is 0 Å². The molecule has 1 saturated heterocycles. The zero-order valence-corrected chi connectivity index (χ0v) is 15.7. The Morgan fingerprint density at radius 2 is 2.00 bits per heavy atom. The van der Waals surface area contributed by atoms with Crippen molar-refractivity contribution in [3.63, 3.8) is 0 Å². The van der Waals surface area contributed by atoms with Crippen molar-refractivity contribution in [2.24, 2.45) is 0 Å². The van der Waals surface area contributed by atoms with E-state index in [1.807, 2.05) is 0 Å². The molecule has 1 fully saturated rings. The number of amides is 2. The Morgan fingerprint density at radius 1 is 1.32 bits per heavy atom. The molecule has 2 amide bonds. The summed E-state index contributed by atoms with van der Waals surface area (Å²) in [6.07, 6.45) is 1.32. The molecule has 9 nitrogen and oxygen atoms in total. The summed E-state index contributed by atoms with van der Waals surface area (Å²) in [6.45, 7) is 2.69. The fraction of sp³-hybridized carbons (Fsp3) is 0.500. The summed E-state index contributed by atoms with van der Waals surface area (Å²) in [5.74, 6) is -2.88. The smallest absolute Gasteiger partial charge is 0.323 e. The van der Waals surface area contributed by atoms with E-state index in [1.54, 1.807) is 0 Å². The standard InChI is InChI=1S/C18H22FN3O6/c1-11-8-13(19)9-15(17(11)22(27)28)18(26)20-6-3-4-14(5-7-20)21(12(2)23)10-16(24)25/h8-9,14H,3-7,10H2,1-2H3,(H,24,25). The number of carbonyl (C=O) groups excluding carboxylic acids is 2. The van der Waals surface area contributed by atoms with Crippen molar-refractivity contribution in [2.75, 3.05) is 19.6 Å². The largest absolute Gasteiger partial charge is 0.480 e. The molecule has 0 spiro atoms. The van der Waals surface area contributed by atoms with Gasteiger partial charge in [-0.3, -0.25) is 24.5 Å². The van der Waals surface area contributed by atoms with Gasteiger partial charge < -0.3 is 14.9 Å². The number of nitrogens with zero attached hydrogens (tertiary/aromatic N) is 3. The number of carboxylic acids is 1. The Bertz CT molecular complexity index is 813. The number of hydrogen-bond acceptors (Lipinski definition) is 5. The molecule has 1 aliphatic rings. The predicted octanol–water partition coefficient (Wildman–Crippen LogP) is 1.97. The second-order valence-corrected chi connectivity index (χ2v) is 6.79. The molecule has 1 unspecified atom stereocenters. The number of halogens is 1. The minimum atomic E-state index is -1.13. The maximum absolute atomic E-state index is 13.8. The van der Waals surface area contributed by atoms with E-state index in [-0.39, 0.29) is 36.2 Å². The third-order valence-corrected chi connectivity index (χ3v) is 4.81. The van der Waals surface area contributed by atoms with Gasteiger partial charge in [0.2, 0.25) is 5.91 Å². The zero-order chi connectivity index (χ0) is 21.0. The lowest BCUT2D eigenvalue weighted by atomic mass is 10.1. The molecule has 28 heavy (non-hydrogen) atoms. The number of aryl methyl sites for hydroxylation is 1. The molecule has 0 bridgehead atoms. The van der Waals surface area contributed by atoms with Crippen LogP contribution in [-0.4, -0.2) is 63.3 Å². The molecule has 1 aliphatic heterocycles. The lowest BCUT2D eigenvalue weighted by Gasteiger charge is -2.28. The second-order valence-electron chi connectivity index (χ2n) is 6.79. The van der Waals surface area contributed by atoms with Crippen molar-refractivity contribution in [3.05, 3.63) is 39.2 Å². The highest BCUT2D eigenvalue weighted by molar-refractivity contribution is 5.98. The van der Waals surface area contributed by atoms with Gasteiger partial charge in [0.25, 0.3) is 11.6 Å². The number of aliphatic carboxylic acids is 1. The van der Waals surface area contributed by atoms with Gasteiger partial charge in [0, 0.05) is 31.6 Å². The normalized spacial score (nSPS) is 17.0. The Morgan fingerprint density at radius 3 is 2.57 bits per heavy atom. The van der Waals surface area contributed by atoms with Crippen LogP contribution in [0.15, 0.2) is 12.1 Å². The molecular weight excluding hydrogens is 373 g/mol. The van der Waals surface area contributed by atoms with Crippen LogP contribution in [0.3, 0.4) is 0 Å². The zero-order valence-electron chi connectivity index (χ0n) is 15.7. The summed E-state index contributed by atoms with van der Waals surface area (Å²) < 4.78 is 13.8. The van der Waals surface area contributed by atoms with Gasteiger partial charge in [0.05, 0.1) is 4.92 Å². The van der Waals surface area contributed by atoms with Gasteiger partial charge >= 0.3 is 5.97 Å². The summed E-state index contributed by atoms with van der Waals surface area (Å²) in [6, 6.07) is 1.52. The third-order valence-electron chi connectivity index (χ3n) is 4.81. The third kappa shape index (κ3) is 4.81. The maximum Gasteiger partial charge on any atom is 0.323 e. The van der Waals surface area contributed by atoms with E-state index < -0.39 is 34.8 Å². The fourth-order valence-electron chi connectivity index (χ4n) is 3.55. The Balaban J connectivity index is 2.23. The quantitative estimate of drug-likeness (QED) is 0.601. The molecule has 0 saturated carbocycles. The summed E-state index contributed by atoms with van der Waals surface area (Å²) in [5.41, 5.74) is -0.677. The van der Waals surface area contributed by atoms with Crippen LogP contribution >= 0.6 is 0 Å². The first-order valence-electron chi connectivity index (χ1n) is 8.84. The first kappa shape index (κ1) is 21.3. The van der Waals surface area contributed by atoms with E-state index in [2.05, 4.69) is 0 Å². The van der Waals surface area contributed by atoms with Crippen LogP contribution in [0.1, 0.15) is 42.1 Å². The Labute approximate surface area is 160 Å². The number of hydrogen-bond donors (Lipinski definition) is 1. The van der Waals surface area contributed by atoms with Gasteiger partial charge in [-0.2, -0.15) is 0 Å². The van der Waals surface area contributed by atoms with Crippen LogP contribution in [0.25, 0.3) is 0 Å². The SMILES string of the molecule is CC(=O)N(CC(=O)O)C1CCCN(C(=O)c2cc(F)cc(C)c2[N+](=O)[O-])CC1. The van der Waals surface area contributed by atoms with Gasteiger partial charge in [0.1, 0.15) is 17.9 Å². The van der Waals surface area contributed by atoms with Crippen molar-refractivity contribution >= 4 is 23.5 Å². The van der Waals surface area contributed by atoms with Gasteiger partial charge in [-0.15, -0.1) is 0 Å². The average Bonchev–Trinajstić information content (AvgIpc) is 2.83. The number of carbonyl (C=O) groups is 3. The van der Waals surface area contributed by atoms with Crippen molar-refractivity contribution in [3.8, 4) is 0 Å². The Hall–Kier alpha value is -3.04. The predicted molar refractivity (Wildman–Crippen MR) is 96.4 cm³/mol. The van der Waals surface area contributed by atoms with E-state index in [4.69, 9.17) is 5.11 Å². The topological polar surface area (TPSA) is 121 Å². The monoisotopic (exact) mass is 395 g/mol. The van der Waals surface area contributed by atoms with Gasteiger partial charge in [0.15, 0.2) is 0 Å². The molecule has 10 heteroatoms. The van der Waals surface area contributed by atoms with Crippen molar-refractivity contribution in [1.29, 1.82) is 0 Å². The fourth-order valence-corrected chi connectivity index (χ4v) is 3.55. The molecule has 1 aromatic rings. The lowest BCUT2D eigenvalue weighted by Crippen LogP contribution is -2.43. The van der Waals surface area contributed by atoms with Crippen LogP contribution in [0.2, 0.25) is 0 Å². The highest BCUT2D eigenvalue weighted by atomic mass is 19.1. The van der Waals surface area contributed by atoms with Gasteiger partial charge in [-0.05, 0) is 38.3 Å². The lowest BCUT2D eigenvalue weighted by molar-refractivity contribution is -0.385. The number of nitro groups is 1. The van der Waals surface area contributed by atoms with E-state index in [9.17, 15) is 28.9 Å². The number of carboxylic acid groups (broad SMARTS) is 1. The highest BCUT2D eigenvalue weighted by Crippen LogP contribution is 2.27. The molecule has 152 valence electrons. The number of likely N-dealkylation sites (tertiary alicyclic amines) is 1. The molecule has 1 heterocycles. The van der Waals surface area contributed by atoms with Crippen LogP contribution in [0.5, 0.6) is 0 Å². The molecule has 2 rings (SSSR count).